The van der Waals surface area contributed by atoms with Crippen LogP contribution < -0.4 is 4.74 Å². The minimum Gasteiger partial charge on any atom is -0.406 e. The predicted molar refractivity (Wildman–Crippen MR) is 69.6 cm³/mol. The molecule has 1 aromatic carbocycles. The SMILES string of the molecule is O=CN1CC2(CC(Cc3cccc(OC(F)(F)F)c3)C2)C1. The van der Waals surface area contributed by atoms with Crippen molar-refractivity contribution >= 4 is 6.41 Å². The van der Waals surface area contributed by atoms with Crippen molar-refractivity contribution < 1.29 is 22.7 Å². The first-order chi connectivity index (χ1) is 9.87. The summed E-state index contributed by atoms with van der Waals surface area (Å²) in [5, 5.41) is 0. The van der Waals surface area contributed by atoms with E-state index in [4.69, 9.17) is 0 Å². The molecule has 2 aliphatic rings. The molecule has 2 fully saturated rings. The lowest BCUT2D eigenvalue weighted by atomic mass is 9.56. The van der Waals surface area contributed by atoms with Gasteiger partial charge < -0.3 is 9.64 Å². The average Bonchev–Trinajstić information content (AvgIpc) is 2.28. The first-order valence-electron chi connectivity index (χ1n) is 6.92. The summed E-state index contributed by atoms with van der Waals surface area (Å²) >= 11 is 0. The van der Waals surface area contributed by atoms with Gasteiger partial charge in [0.2, 0.25) is 6.41 Å². The number of likely N-dealkylation sites (tertiary alicyclic amines) is 1. The number of carbonyl (C=O) groups is 1. The van der Waals surface area contributed by atoms with Crippen molar-refractivity contribution in [2.45, 2.75) is 25.6 Å². The van der Waals surface area contributed by atoms with E-state index in [2.05, 4.69) is 4.74 Å². The lowest BCUT2D eigenvalue weighted by molar-refractivity contribution is -0.274. The number of benzene rings is 1. The second kappa shape index (κ2) is 4.93. The molecule has 114 valence electrons. The van der Waals surface area contributed by atoms with Crippen molar-refractivity contribution in [2.75, 3.05) is 13.1 Å². The van der Waals surface area contributed by atoms with Crippen molar-refractivity contribution in [3.05, 3.63) is 29.8 Å². The van der Waals surface area contributed by atoms with Gasteiger partial charge in [-0.2, -0.15) is 0 Å². The smallest absolute Gasteiger partial charge is 0.406 e. The van der Waals surface area contributed by atoms with Crippen LogP contribution in [0.1, 0.15) is 18.4 Å². The zero-order valence-electron chi connectivity index (χ0n) is 11.4. The summed E-state index contributed by atoms with van der Waals surface area (Å²) in [5.74, 6) is 0.324. The zero-order chi connectivity index (χ0) is 15.1. The molecule has 21 heavy (non-hydrogen) atoms. The summed E-state index contributed by atoms with van der Waals surface area (Å²) in [7, 11) is 0. The Kier molecular flexibility index (Phi) is 3.34. The van der Waals surface area contributed by atoms with Gasteiger partial charge in [-0.05, 0) is 42.9 Å². The summed E-state index contributed by atoms with van der Waals surface area (Å²) in [5.41, 5.74) is 1.15. The van der Waals surface area contributed by atoms with Gasteiger partial charge in [0.15, 0.2) is 0 Å². The fraction of sp³-hybridized carbons (Fsp3) is 0.533. The van der Waals surface area contributed by atoms with Gasteiger partial charge in [-0.25, -0.2) is 0 Å². The number of hydrogen-bond acceptors (Lipinski definition) is 2. The topological polar surface area (TPSA) is 29.5 Å². The lowest BCUT2D eigenvalue weighted by Gasteiger charge is -2.58. The third kappa shape index (κ3) is 3.14. The van der Waals surface area contributed by atoms with Crippen LogP contribution in [0.4, 0.5) is 13.2 Å². The van der Waals surface area contributed by atoms with Gasteiger partial charge in [-0.15, -0.1) is 13.2 Å². The third-order valence-corrected chi connectivity index (χ3v) is 4.33. The van der Waals surface area contributed by atoms with E-state index < -0.39 is 6.36 Å². The Morgan fingerprint density at radius 3 is 2.67 bits per heavy atom. The van der Waals surface area contributed by atoms with Crippen LogP contribution in [-0.4, -0.2) is 30.8 Å². The zero-order valence-corrected chi connectivity index (χ0v) is 11.4. The molecule has 1 heterocycles. The van der Waals surface area contributed by atoms with Crippen LogP contribution in [0, 0.1) is 11.3 Å². The second-order valence-electron chi connectivity index (χ2n) is 6.18. The first kappa shape index (κ1) is 14.2. The highest BCUT2D eigenvalue weighted by atomic mass is 19.4. The van der Waals surface area contributed by atoms with Gasteiger partial charge in [-0.3, -0.25) is 4.79 Å². The Morgan fingerprint density at radius 2 is 2.05 bits per heavy atom. The Hall–Kier alpha value is -1.72. The lowest BCUT2D eigenvalue weighted by Crippen LogP contribution is -2.61. The molecule has 1 saturated heterocycles. The largest absolute Gasteiger partial charge is 0.573 e. The van der Waals surface area contributed by atoms with Gasteiger partial charge in [0, 0.05) is 18.5 Å². The Labute approximate surface area is 120 Å². The van der Waals surface area contributed by atoms with E-state index in [1.807, 2.05) is 6.07 Å². The van der Waals surface area contributed by atoms with Crippen LogP contribution in [0.15, 0.2) is 24.3 Å². The van der Waals surface area contributed by atoms with E-state index >= 15 is 0 Å². The van der Waals surface area contributed by atoms with Gasteiger partial charge in [0.1, 0.15) is 5.75 Å². The maximum atomic E-state index is 12.2. The Morgan fingerprint density at radius 1 is 1.33 bits per heavy atom. The number of amides is 1. The molecule has 0 radical (unpaired) electrons. The van der Waals surface area contributed by atoms with E-state index in [9.17, 15) is 18.0 Å². The molecule has 1 aromatic rings. The van der Waals surface area contributed by atoms with Crippen LogP contribution in [0.3, 0.4) is 0 Å². The molecule has 0 N–H and O–H groups in total. The van der Waals surface area contributed by atoms with Crippen LogP contribution in [0.5, 0.6) is 5.75 Å². The summed E-state index contributed by atoms with van der Waals surface area (Å²) in [6, 6.07) is 6.18. The quantitative estimate of drug-likeness (QED) is 0.800. The molecule has 1 aliphatic carbocycles. The molecule has 0 bridgehead atoms. The van der Waals surface area contributed by atoms with Crippen molar-refractivity contribution in [3.63, 3.8) is 0 Å². The standard InChI is InChI=1S/C15H16F3NO2/c16-15(17,18)21-13-3-1-2-11(5-13)4-12-6-14(7-12)8-19(9-14)10-20/h1-3,5,10,12H,4,6-9H2. The monoisotopic (exact) mass is 299 g/mol. The molecule has 0 atom stereocenters. The van der Waals surface area contributed by atoms with Crippen LogP contribution >= 0.6 is 0 Å². The summed E-state index contributed by atoms with van der Waals surface area (Å²) < 4.78 is 40.5. The molecule has 1 amide bonds. The molecule has 0 unspecified atom stereocenters. The Bertz CT molecular complexity index is 530. The highest BCUT2D eigenvalue weighted by molar-refractivity contribution is 5.49. The minimum absolute atomic E-state index is 0.162. The van der Waals surface area contributed by atoms with E-state index in [1.54, 1.807) is 11.0 Å². The van der Waals surface area contributed by atoms with E-state index in [-0.39, 0.29) is 11.2 Å². The summed E-state index contributed by atoms with van der Waals surface area (Å²) in [6.45, 7) is 1.65. The number of halogens is 3. The van der Waals surface area contributed by atoms with Gasteiger partial charge in [-0.1, -0.05) is 12.1 Å². The first-order valence-corrected chi connectivity index (χ1v) is 6.92. The van der Waals surface area contributed by atoms with Crippen LogP contribution in [0.2, 0.25) is 0 Å². The molecule has 3 nitrogen and oxygen atoms in total. The molecule has 1 aliphatic heterocycles. The number of ether oxygens (including phenoxy) is 1. The molecule has 3 rings (SSSR count). The summed E-state index contributed by atoms with van der Waals surface area (Å²) in [6.07, 6.45) is -0.929. The van der Waals surface area contributed by atoms with E-state index in [0.717, 1.165) is 44.3 Å². The fourth-order valence-corrected chi connectivity index (χ4v) is 3.66. The van der Waals surface area contributed by atoms with Crippen molar-refractivity contribution in [2.24, 2.45) is 11.3 Å². The highest BCUT2D eigenvalue weighted by Gasteiger charge is 2.51. The maximum Gasteiger partial charge on any atom is 0.573 e. The molecule has 1 spiro atoms. The normalized spacial score (nSPS) is 20.8. The molecular formula is C15H16F3NO2. The van der Waals surface area contributed by atoms with Crippen molar-refractivity contribution in [1.82, 2.24) is 4.90 Å². The highest BCUT2D eigenvalue weighted by Crippen LogP contribution is 2.52. The average molecular weight is 299 g/mol. The van der Waals surface area contributed by atoms with Crippen LogP contribution in [-0.2, 0) is 11.2 Å². The number of alkyl halides is 3. The van der Waals surface area contributed by atoms with Crippen LogP contribution in [0.25, 0.3) is 0 Å². The second-order valence-corrected chi connectivity index (χ2v) is 6.18. The molecular weight excluding hydrogens is 283 g/mol. The van der Waals surface area contributed by atoms with Gasteiger partial charge in [0.05, 0.1) is 0 Å². The fourth-order valence-electron chi connectivity index (χ4n) is 3.66. The van der Waals surface area contributed by atoms with E-state index in [1.165, 1.54) is 12.1 Å². The van der Waals surface area contributed by atoms with Crippen molar-refractivity contribution in [3.8, 4) is 5.75 Å². The Balaban J connectivity index is 1.53. The van der Waals surface area contributed by atoms with Crippen molar-refractivity contribution in [1.29, 1.82) is 0 Å². The molecule has 1 saturated carbocycles. The predicted octanol–water partition coefficient (Wildman–Crippen LogP) is 3.00. The third-order valence-electron chi connectivity index (χ3n) is 4.33. The number of carbonyl (C=O) groups excluding carboxylic acids is 1. The number of nitrogens with zero attached hydrogens (tertiary/aromatic N) is 1. The number of hydrogen-bond donors (Lipinski definition) is 0. The van der Waals surface area contributed by atoms with E-state index in [0.29, 0.717) is 5.92 Å². The molecule has 0 aromatic heterocycles. The molecule has 6 heteroatoms. The summed E-state index contributed by atoms with van der Waals surface area (Å²) in [4.78, 5) is 12.3. The minimum atomic E-state index is -4.65. The maximum absolute atomic E-state index is 12.2. The number of rotatable bonds is 4. The van der Waals surface area contributed by atoms with Gasteiger partial charge >= 0.3 is 6.36 Å². The van der Waals surface area contributed by atoms with Gasteiger partial charge in [0.25, 0.3) is 0 Å².